The quantitative estimate of drug-likeness (QED) is 0.869. The molecule has 0 spiro atoms. The maximum absolute atomic E-state index is 13.8. The van der Waals surface area contributed by atoms with E-state index in [0.29, 0.717) is 23.8 Å². The maximum Gasteiger partial charge on any atom is 0.129 e. The monoisotopic (exact) mass is 273 g/mol. The van der Waals surface area contributed by atoms with Gasteiger partial charge in [-0.2, -0.15) is 0 Å². The minimum atomic E-state index is -0.335. The Bertz CT molecular complexity index is 379. The van der Waals surface area contributed by atoms with Crippen LogP contribution in [0.25, 0.3) is 0 Å². The second-order valence-corrected chi connectivity index (χ2v) is 4.56. The summed E-state index contributed by atoms with van der Waals surface area (Å²) < 4.78 is 19.1. The molecule has 1 atom stereocenters. The van der Waals surface area contributed by atoms with Crippen molar-refractivity contribution < 1.29 is 9.13 Å². The van der Waals surface area contributed by atoms with Gasteiger partial charge in [0.1, 0.15) is 5.82 Å². The van der Waals surface area contributed by atoms with Crippen LogP contribution >= 0.6 is 11.6 Å². The fourth-order valence-electron chi connectivity index (χ4n) is 1.99. The summed E-state index contributed by atoms with van der Waals surface area (Å²) >= 11 is 6.04. The minimum Gasteiger partial charge on any atom is -0.379 e. The van der Waals surface area contributed by atoms with Gasteiger partial charge >= 0.3 is 0 Å². The average Bonchev–Trinajstić information content (AvgIpc) is 2.38. The Morgan fingerprint density at radius 3 is 2.78 bits per heavy atom. The number of hydrazine groups is 1. The molecule has 1 heterocycles. The highest BCUT2D eigenvalue weighted by molar-refractivity contribution is 6.31. The number of nitrogens with zero attached hydrogens (tertiary/aromatic N) is 1. The lowest BCUT2D eigenvalue weighted by Gasteiger charge is -2.31. The summed E-state index contributed by atoms with van der Waals surface area (Å²) in [6, 6.07) is 4.33. The number of morpholine rings is 1. The molecule has 0 radical (unpaired) electrons. The predicted octanol–water partition coefficient (Wildman–Crippen LogP) is 1.32. The summed E-state index contributed by atoms with van der Waals surface area (Å²) in [6.45, 7) is 3.10. The van der Waals surface area contributed by atoms with Gasteiger partial charge in [0.05, 0.1) is 19.3 Å². The molecule has 0 bridgehead atoms. The topological polar surface area (TPSA) is 50.5 Å². The van der Waals surface area contributed by atoms with Crippen molar-refractivity contribution in [3.8, 4) is 0 Å². The third-order valence-electron chi connectivity index (χ3n) is 2.93. The van der Waals surface area contributed by atoms with Crippen molar-refractivity contribution >= 4 is 11.6 Å². The zero-order valence-electron chi connectivity index (χ0n) is 10.0. The van der Waals surface area contributed by atoms with E-state index in [9.17, 15) is 4.39 Å². The number of rotatable bonds is 4. The molecule has 100 valence electrons. The molecule has 0 aliphatic carbocycles. The van der Waals surface area contributed by atoms with Gasteiger partial charge in [0.2, 0.25) is 0 Å². The number of ether oxygens (including phenoxy) is 1. The van der Waals surface area contributed by atoms with Gasteiger partial charge in [-0.1, -0.05) is 17.7 Å². The van der Waals surface area contributed by atoms with Crippen molar-refractivity contribution in [2.45, 2.75) is 6.04 Å². The fraction of sp³-hybridized carbons (Fsp3) is 0.500. The summed E-state index contributed by atoms with van der Waals surface area (Å²) in [5.74, 6) is -0.335. The van der Waals surface area contributed by atoms with Gasteiger partial charge in [0.15, 0.2) is 0 Å². The summed E-state index contributed by atoms with van der Waals surface area (Å²) in [6.07, 6.45) is 0. The van der Waals surface area contributed by atoms with Crippen molar-refractivity contribution in [1.82, 2.24) is 10.4 Å². The zero-order valence-corrected chi connectivity index (χ0v) is 10.8. The highest BCUT2D eigenvalue weighted by Crippen LogP contribution is 2.25. The van der Waals surface area contributed by atoms with E-state index >= 15 is 0 Å². The molecule has 1 aromatic carbocycles. The molecular weight excluding hydrogens is 257 g/mol. The molecule has 0 amide bonds. The molecule has 0 saturated carbocycles. The third kappa shape index (κ3) is 3.18. The van der Waals surface area contributed by atoms with Crippen molar-refractivity contribution in [1.29, 1.82) is 0 Å². The highest BCUT2D eigenvalue weighted by atomic mass is 35.5. The Hall–Kier alpha value is -0.720. The number of hydrogen-bond donors (Lipinski definition) is 2. The van der Waals surface area contributed by atoms with Crippen LogP contribution in [-0.4, -0.2) is 37.9 Å². The largest absolute Gasteiger partial charge is 0.379 e. The van der Waals surface area contributed by atoms with Gasteiger partial charge in [0.25, 0.3) is 0 Å². The molecule has 1 unspecified atom stereocenters. The van der Waals surface area contributed by atoms with Crippen molar-refractivity contribution in [2.24, 2.45) is 5.73 Å². The van der Waals surface area contributed by atoms with Crippen LogP contribution in [-0.2, 0) is 4.74 Å². The first-order valence-electron chi connectivity index (χ1n) is 5.95. The third-order valence-corrected chi connectivity index (χ3v) is 3.26. The second kappa shape index (κ2) is 6.45. The van der Waals surface area contributed by atoms with E-state index in [-0.39, 0.29) is 18.4 Å². The van der Waals surface area contributed by atoms with Gasteiger partial charge in [-0.05, 0) is 12.1 Å². The first kappa shape index (κ1) is 13.7. The molecule has 3 N–H and O–H groups in total. The van der Waals surface area contributed by atoms with Gasteiger partial charge in [-0.25, -0.2) is 14.8 Å². The van der Waals surface area contributed by atoms with Crippen LogP contribution in [0.1, 0.15) is 11.6 Å². The average molecular weight is 274 g/mol. The Kier molecular flexibility index (Phi) is 4.91. The molecular formula is C12H17ClFN3O. The van der Waals surface area contributed by atoms with E-state index in [4.69, 9.17) is 22.1 Å². The van der Waals surface area contributed by atoms with E-state index in [1.807, 2.05) is 5.01 Å². The van der Waals surface area contributed by atoms with Gasteiger partial charge in [-0.15, -0.1) is 0 Å². The predicted molar refractivity (Wildman–Crippen MR) is 68.7 cm³/mol. The first-order valence-corrected chi connectivity index (χ1v) is 6.33. The van der Waals surface area contributed by atoms with E-state index in [0.717, 1.165) is 13.1 Å². The van der Waals surface area contributed by atoms with E-state index in [1.54, 1.807) is 12.1 Å². The SMILES string of the molecule is NCC(NN1CCOCC1)c1c(F)cccc1Cl. The van der Waals surface area contributed by atoms with Crippen LogP contribution < -0.4 is 11.2 Å². The van der Waals surface area contributed by atoms with Crippen LogP contribution in [0.3, 0.4) is 0 Å². The molecule has 1 saturated heterocycles. The highest BCUT2D eigenvalue weighted by Gasteiger charge is 2.21. The van der Waals surface area contributed by atoms with Crippen LogP contribution in [0.4, 0.5) is 4.39 Å². The van der Waals surface area contributed by atoms with Crippen LogP contribution in [0.5, 0.6) is 0 Å². The van der Waals surface area contributed by atoms with Gasteiger partial charge < -0.3 is 10.5 Å². The molecule has 1 aliphatic heterocycles. The number of halogens is 2. The van der Waals surface area contributed by atoms with E-state index in [1.165, 1.54) is 6.07 Å². The maximum atomic E-state index is 13.8. The van der Waals surface area contributed by atoms with Crippen LogP contribution in [0, 0.1) is 5.82 Å². The summed E-state index contributed by atoms with van der Waals surface area (Å²) in [4.78, 5) is 0. The molecule has 2 rings (SSSR count). The second-order valence-electron chi connectivity index (χ2n) is 4.15. The van der Waals surface area contributed by atoms with Crippen molar-refractivity contribution in [3.05, 3.63) is 34.6 Å². The van der Waals surface area contributed by atoms with Gasteiger partial charge in [0, 0.05) is 30.2 Å². The van der Waals surface area contributed by atoms with E-state index < -0.39 is 0 Å². The molecule has 18 heavy (non-hydrogen) atoms. The number of benzene rings is 1. The lowest BCUT2D eigenvalue weighted by atomic mass is 10.1. The smallest absolute Gasteiger partial charge is 0.129 e. The van der Waals surface area contributed by atoms with E-state index in [2.05, 4.69) is 5.43 Å². The Morgan fingerprint density at radius 1 is 1.44 bits per heavy atom. The summed E-state index contributed by atoms with van der Waals surface area (Å²) in [5, 5.41) is 2.38. The summed E-state index contributed by atoms with van der Waals surface area (Å²) in [7, 11) is 0. The lowest BCUT2D eigenvalue weighted by Crippen LogP contribution is -2.48. The normalized spacial score (nSPS) is 18.8. The Balaban J connectivity index is 2.12. The number of nitrogens with two attached hydrogens (primary N) is 1. The molecule has 1 aliphatic rings. The number of hydrogen-bond acceptors (Lipinski definition) is 4. The molecule has 6 heteroatoms. The Labute approximate surface area is 111 Å². The van der Waals surface area contributed by atoms with Crippen LogP contribution in [0.2, 0.25) is 5.02 Å². The fourth-order valence-corrected chi connectivity index (χ4v) is 2.29. The van der Waals surface area contributed by atoms with Gasteiger partial charge in [-0.3, -0.25) is 0 Å². The molecule has 4 nitrogen and oxygen atoms in total. The van der Waals surface area contributed by atoms with Crippen molar-refractivity contribution in [3.63, 3.8) is 0 Å². The number of nitrogens with one attached hydrogen (secondary N) is 1. The minimum absolute atomic E-state index is 0.276. The standard InChI is InChI=1S/C12H17ClFN3O/c13-9-2-1-3-10(14)12(9)11(8-15)16-17-4-6-18-7-5-17/h1-3,11,16H,4-8,15H2. The zero-order chi connectivity index (χ0) is 13.0. The molecule has 1 aromatic rings. The first-order chi connectivity index (χ1) is 8.72. The summed E-state index contributed by atoms with van der Waals surface area (Å²) in [5.41, 5.74) is 9.35. The Morgan fingerprint density at radius 2 is 2.17 bits per heavy atom. The van der Waals surface area contributed by atoms with Crippen molar-refractivity contribution in [2.75, 3.05) is 32.8 Å². The molecule has 1 fully saturated rings. The lowest BCUT2D eigenvalue weighted by molar-refractivity contribution is 0.00380. The molecule has 0 aromatic heterocycles. The van der Waals surface area contributed by atoms with Crippen LogP contribution in [0.15, 0.2) is 18.2 Å².